The predicted molar refractivity (Wildman–Crippen MR) is 92.3 cm³/mol. The van der Waals surface area contributed by atoms with Crippen LogP contribution in [0.15, 0.2) is 29.1 Å². The van der Waals surface area contributed by atoms with Crippen LogP contribution in [-0.4, -0.2) is 10.5 Å². The second-order valence-electron chi connectivity index (χ2n) is 6.52. The molecule has 0 saturated heterocycles. The number of nitrogens with zero attached hydrogens (tertiary/aromatic N) is 1. The minimum Gasteiger partial charge on any atom is -0.322 e. The summed E-state index contributed by atoms with van der Waals surface area (Å²) in [6.45, 7) is 7.71. The van der Waals surface area contributed by atoms with E-state index in [1.165, 1.54) is 0 Å². The molecule has 1 N–H and O–H groups in total. The van der Waals surface area contributed by atoms with Crippen LogP contribution in [0.3, 0.4) is 0 Å². The summed E-state index contributed by atoms with van der Waals surface area (Å²) in [6, 6.07) is 8.03. The van der Waals surface area contributed by atoms with E-state index in [2.05, 4.69) is 5.32 Å². The first-order valence-corrected chi connectivity index (χ1v) is 8.00. The highest BCUT2D eigenvalue weighted by atomic mass is 16.2. The molecule has 1 aromatic carbocycles. The Bertz CT molecular complexity index is 845. The molecule has 0 spiro atoms. The number of nitrogens with one attached hydrogen (secondary N) is 1. The summed E-state index contributed by atoms with van der Waals surface area (Å²) in [6.07, 6.45) is 2.03. The van der Waals surface area contributed by atoms with E-state index in [0.717, 1.165) is 40.9 Å². The first kappa shape index (κ1) is 15.5. The number of carbonyl (C=O) groups is 1. The molecule has 23 heavy (non-hydrogen) atoms. The summed E-state index contributed by atoms with van der Waals surface area (Å²) in [5, 5.41) is 2.89. The van der Waals surface area contributed by atoms with Crippen molar-refractivity contribution in [2.24, 2.45) is 0 Å². The molecule has 1 amide bonds. The van der Waals surface area contributed by atoms with Gasteiger partial charge >= 0.3 is 0 Å². The first-order valence-electron chi connectivity index (χ1n) is 8.00. The van der Waals surface area contributed by atoms with Gasteiger partial charge in [-0.3, -0.25) is 9.59 Å². The average Bonchev–Trinajstić information content (AvgIpc) is 3.26. The second kappa shape index (κ2) is 5.69. The molecule has 1 aromatic heterocycles. The Labute approximate surface area is 136 Å². The van der Waals surface area contributed by atoms with Crippen molar-refractivity contribution in [2.45, 2.75) is 46.6 Å². The van der Waals surface area contributed by atoms with Gasteiger partial charge in [-0.25, -0.2) is 0 Å². The largest absolute Gasteiger partial charge is 0.322 e. The van der Waals surface area contributed by atoms with Crippen molar-refractivity contribution in [1.29, 1.82) is 0 Å². The molecule has 2 aromatic rings. The van der Waals surface area contributed by atoms with Crippen molar-refractivity contribution >= 4 is 11.6 Å². The molecule has 1 heterocycles. The Morgan fingerprint density at radius 3 is 2.39 bits per heavy atom. The molecule has 0 atom stereocenters. The topological polar surface area (TPSA) is 51.1 Å². The summed E-state index contributed by atoms with van der Waals surface area (Å²) in [4.78, 5) is 25.4. The zero-order valence-corrected chi connectivity index (χ0v) is 14.1. The Morgan fingerprint density at radius 1 is 1.09 bits per heavy atom. The maximum Gasteiger partial charge on any atom is 0.264 e. The normalized spacial score (nSPS) is 13.9. The van der Waals surface area contributed by atoms with Gasteiger partial charge in [0.15, 0.2) is 0 Å². The summed E-state index contributed by atoms with van der Waals surface area (Å²) in [5.74, 6) is -0.325. The molecular formula is C19H22N2O2. The van der Waals surface area contributed by atoms with E-state index in [-0.39, 0.29) is 23.1 Å². The van der Waals surface area contributed by atoms with Crippen LogP contribution >= 0.6 is 0 Å². The quantitative estimate of drug-likeness (QED) is 0.940. The molecular weight excluding hydrogens is 288 g/mol. The van der Waals surface area contributed by atoms with Crippen LogP contribution in [0.25, 0.3) is 0 Å². The zero-order valence-electron chi connectivity index (χ0n) is 14.1. The number of benzene rings is 1. The SMILES string of the molecule is Cc1ccc(NC(=O)c2c(C)cc(C)n(C3CC3)c2=O)c(C)c1. The molecule has 1 aliphatic rings. The van der Waals surface area contributed by atoms with Crippen molar-refractivity contribution in [3.63, 3.8) is 0 Å². The fraction of sp³-hybridized carbons (Fsp3) is 0.368. The van der Waals surface area contributed by atoms with E-state index >= 15 is 0 Å². The third-order valence-electron chi connectivity index (χ3n) is 4.40. The van der Waals surface area contributed by atoms with E-state index in [4.69, 9.17) is 0 Å². The molecule has 0 radical (unpaired) electrons. The number of anilines is 1. The van der Waals surface area contributed by atoms with E-state index < -0.39 is 0 Å². The van der Waals surface area contributed by atoms with Crippen molar-refractivity contribution in [2.75, 3.05) is 5.32 Å². The number of aromatic nitrogens is 1. The van der Waals surface area contributed by atoms with E-state index in [1.807, 2.05) is 52.0 Å². The van der Waals surface area contributed by atoms with Crippen LogP contribution in [0.4, 0.5) is 5.69 Å². The summed E-state index contributed by atoms with van der Waals surface area (Å²) >= 11 is 0. The summed E-state index contributed by atoms with van der Waals surface area (Å²) in [7, 11) is 0. The lowest BCUT2D eigenvalue weighted by Gasteiger charge is -2.14. The van der Waals surface area contributed by atoms with Crippen molar-refractivity contribution in [1.82, 2.24) is 4.57 Å². The third kappa shape index (κ3) is 2.93. The van der Waals surface area contributed by atoms with Gasteiger partial charge in [-0.05, 0) is 63.8 Å². The number of aryl methyl sites for hydroxylation is 4. The van der Waals surface area contributed by atoms with Gasteiger partial charge in [-0.1, -0.05) is 17.7 Å². The van der Waals surface area contributed by atoms with Gasteiger partial charge in [0, 0.05) is 17.4 Å². The van der Waals surface area contributed by atoms with E-state index in [0.29, 0.717) is 0 Å². The third-order valence-corrected chi connectivity index (χ3v) is 4.40. The molecule has 3 rings (SSSR count). The molecule has 0 aliphatic heterocycles. The fourth-order valence-corrected chi connectivity index (χ4v) is 3.11. The van der Waals surface area contributed by atoms with Gasteiger partial charge < -0.3 is 9.88 Å². The van der Waals surface area contributed by atoms with Crippen molar-refractivity contribution in [3.05, 3.63) is 62.6 Å². The highest BCUT2D eigenvalue weighted by Crippen LogP contribution is 2.34. The number of hydrogen-bond donors (Lipinski definition) is 1. The fourth-order valence-electron chi connectivity index (χ4n) is 3.11. The Balaban J connectivity index is 1.99. The van der Waals surface area contributed by atoms with Gasteiger partial charge in [0.2, 0.25) is 0 Å². The predicted octanol–water partition coefficient (Wildman–Crippen LogP) is 3.67. The number of pyridine rings is 1. The summed E-state index contributed by atoms with van der Waals surface area (Å²) in [5.41, 5.74) is 4.62. The number of amides is 1. The van der Waals surface area contributed by atoms with E-state index in [1.54, 1.807) is 4.57 Å². The van der Waals surface area contributed by atoms with Crippen molar-refractivity contribution in [3.8, 4) is 0 Å². The van der Waals surface area contributed by atoms with Crippen LogP contribution in [0.1, 0.15) is 51.6 Å². The average molecular weight is 310 g/mol. The van der Waals surface area contributed by atoms with Crippen LogP contribution in [0.2, 0.25) is 0 Å². The molecule has 1 fully saturated rings. The lowest BCUT2D eigenvalue weighted by molar-refractivity contribution is 0.102. The van der Waals surface area contributed by atoms with Gasteiger partial charge in [0.1, 0.15) is 5.56 Å². The lowest BCUT2D eigenvalue weighted by atomic mass is 10.1. The molecule has 0 bridgehead atoms. The minimum absolute atomic E-state index is 0.174. The molecule has 4 heteroatoms. The monoisotopic (exact) mass is 310 g/mol. The standard InChI is InChI=1S/C19H22N2O2/c1-11-5-8-16(12(2)9-11)20-18(22)17-13(3)10-14(4)21(19(17)23)15-6-7-15/h5,8-10,15H,6-7H2,1-4H3,(H,20,22). The van der Waals surface area contributed by atoms with Crippen LogP contribution in [0, 0.1) is 27.7 Å². The molecule has 120 valence electrons. The Morgan fingerprint density at radius 2 is 1.78 bits per heavy atom. The highest BCUT2D eigenvalue weighted by molar-refractivity contribution is 6.05. The number of hydrogen-bond acceptors (Lipinski definition) is 2. The highest BCUT2D eigenvalue weighted by Gasteiger charge is 2.28. The van der Waals surface area contributed by atoms with Gasteiger partial charge in [-0.15, -0.1) is 0 Å². The Hall–Kier alpha value is -2.36. The molecule has 1 aliphatic carbocycles. The molecule has 0 unspecified atom stereocenters. The lowest BCUT2D eigenvalue weighted by Crippen LogP contribution is -2.31. The number of carbonyl (C=O) groups excluding carboxylic acids is 1. The van der Waals surface area contributed by atoms with Gasteiger partial charge in [-0.2, -0.15) is 0 Å². The minimum atomic E-state index is -0.325. The Kier molecular flexibility index (Phi) is 3.84. The van der Waals surface area contributed by atoms with Crippen LogP contribution < -0.4 is 10.9 Å². The maximum atomic E-state index is 12.8. The van der Waals surface area contributed by atoms with Crippen LogP contribution in [0.5, 0.6) is 0 Å². The first-order chi connectivity index (χ1) is 10.9. The second-order valence-corrected chi connectivity index (χ2v) is 6.52. The number of rotatable bonds is 3. The van der Waals surface area contributed by atoms with Crippen molar-refractivity contribution < 1.29 is 4.79 Å². The maximum absolute atomic E-state index is 12.8. The van der Waals surface area contributed by atoms with Crippen LogP contribution in [-0.2, 0) is 0 Å². The van der Waals surface area contributed by atoms with Gasteiger partial charge in [0.25, 0.3) is 11.5 Å². The zero-order chi connectivity index (χ0) is 16.7. The molecule has 1 saturated carbocycles. The molecule has 4 nitrogen and oxygen atoms in total. The van der Waals surface area contributed by atoms with E-state index in [9.17, 15) is 9.59 Å². The van der Waals surface area contributed by atoms with Gasteiger partial charge in [0.05, 0.1) is 0 Å². The smallest absolute Gasteiger partial charge is 0.264 e. The summed E-state index contributed by atoms with van der Waals surface area (Å²) < 4.78 is 1.77.